The van der Waals surface area contributed by atoms with E-state index >= 15 is 0 Å². The lowest BCUT2D eigenvalue weighted by Gasteiger charge is -2.20. The lowest BCUT2D eigenvalue weighted by Crippen LogP contribution is -2.27. The molecule has 0 saturated heterocycles. The van der Waals surface area contributed by atoms with Crippen LogP contribution in [0, 0.1) is 12.3 Å². The fraction of sp³-hybridized carbons (Fsp3) is 0.364. The largest absolute Gasteiger partial charge is 0.478 e. The molecule has 0 bridgehead atoms. The molecule has 1 aromatic heterocycles. The summed E-state index contributed by atoms with van der Waals surface area (Å²) >= 11 is 0. The maximum atomic E-state index is 11.0. The summed E-state index contributed by atoms with van der Waals surface area (Å²) in [5.74, 6) is 1.79. The van der Waals surface area contributed by atoms with Crippen LogP contribution in [0.15, 0.2) is 12.3 Å². The number of anilines is 1. The maximum absolute atomic E-state index is 11.0. The molecule has 0 spiro atoms. The first-order valence-corrected chi connectivity index (χ1v) is 4.94. The van der Waals surface area contributed by atoms with Crippen molar-refractivity contribution in [1.29, 1.82) is 0 Å². The van der Waals surface area contributed by atoms with Gasteiger partial charge in [0.1, 0.15) is 5.56 Å². The van der Waals surface area contributed by atoms with Crippen LogP contribution in [0.2, 0.25) is 0 Å². The monoisotopic (exact) mass is 219 g/mol. The van der Waals surface area contributed by atoms with E-state index in [4.69, 9.17) is 11.5 Å². The molecule has 0 aliphatic rings. The molecule has 0 aromatic carbocycles. The zero-order chi connectivity index (χ0) is 12.0. The molecule has 0 fully saturated rings. The molecular weight excluding hydrogens is 206 g/mol. The first-order chi connectivity index (χ1) is 7.70. The average molecular weight is 219 g/mol. The van der Waals surface area contributed by atoms with Crippen LogP contribution in [-0.2, 0) is 0 Å². The summed E-state index contributed by atoms with van der Waals surface area (Å²) in [7, 11) is 0. The van der Waals surface area contributed by atoms with Gasteiger partial charge < -0.3 is 10.0 Å². The Morgan fingerprint density at radius 2 is 2.44 bits per heavy atom. The highest BCUT2D eigenvalue weighted by Gasteiger charge is 2.16. The molecule has 84 valence electrons. The molecule has 0 atom stereocenters. The van der Waals surface area contributed by atoms with Gasteiger partial charge in [-0.15, -0.1) is 11.5 Å². The number of nitrogens with zero attached hydrogens (tertiary/aromatic N) is 3. The number of hydrogen-bond acceptors (Lipinski definition) is 4. The van der Waals surface area contributed by atoms with Crippen molar-refractivity contribution in [2.75, 3.05) is 18.0 Å². The summed E-state index contributed by atoms with van der Waals surface area (Å²) < 4.78 is 0. The summed E-state index contributed by atoms with van der Waals surface area (Å²) in [6.45, 7) is 2.97. The molecule has 0 saturated carbocycles. The topological polar surface area (TPSA) is 66.3 Å². The molecule has 1 rings (SSSR count). The van der Waals surface area contributed by atoms with Gasteiger partial charge in [-0.1, -0.05) is 12.8 Å². The van der Waals surface area contributed by atoms with Gasteiger partial charge in [0.2, 0.25) is 0 Å². The van der Waals surface area contributed by atoms with Gasteiger partial charge >= 0.3 is 5.97 Å². The van der Waals surface area contributed by atoms with Crippen LogP contribution in [0.4, 0.5) is 5.82 Å². The van der Waals surface area contributed by atoms with Crippen molar-refractivity contribution in [3.8, 4) is 12.3 Å². The van der Waals surface area contributed by atoms with Gasteiger partial charge in [0.25, 0.3) is 0 Å². The Morgan fingerprint density at radius 1 is 1.69 bits per heavy atom. The maximum Gasteiger partial charge on any atom is 0.339 e. The Morgan fingerprint density at radius 3 is 3.00 bits per heavy atom. The number of aromatic nitrogens is 2. The number of hydrogen-bond donors (Lipinski definition) is 1. The first-order valence-electron chi connectivity index (χ1n) is 4.94. The Labute approximate surface area is 94.1 Å². The van der Waals surface area contributed by atoms with Crippen molar-refractivity contribution < 1.29 is 9.90 Å². The van der Waals surface area contributed by atoms with E-state index in [0.29, 0.717) is 18.9 Å². The standard InChI is InChI=1S/C11H13N3O2/c1-3-7-14(8-4-2)10-9(11(15)16)5-6-12-13-10/h1,5-6H,4,7-8H2,2H3,(H,15,16). The van der Waals surface area contributed by atoms with E-state index in [9.17, 15) is 4.79 Å². The molecule has 0 unspecified atom stereocenters. The molecule has 0 radical (unpaired) electrons. The van der Waals surface area contributed by atoms with Gasteiger partial charge in [-0.25, -0.2) is 4.79 Å². The third-order valence-corrected chi connectivity index (χ3v) is 2.01. The third kappa shape index (κ3) is 2.70. The number of carbonyl (C=O) groups is 1. The quantitative estimate of drug-likeness (QED) is 0.749. The lowest BCUT2D eigenvalue weighted by molar-refractivity contribution is 0.0697. The van der Waals surface area contributed by atoms with Crippen LogP contribution in [-0.4, -0.2) is 34.4 Å². The van der Waals surface area contributed by atoms with Crippen LogP contribution in [0.25, 0.3) is 0 Å². The van der Waals surface area contributed by atoms with Gasteiger partial charge in [0.05, 0.1) is 12.7 Å². The van der Waals surface area contributed by atoms with E-state index in [1.807, 2.05) is 6.92 Å². The predicted octanol–water partition coefficient (Wildman–Crippen LogP) is 1.02. The smallest absolute Gasteiger partial charge is 0.339 e. The first kappa shape index (κ1) is 12.0. The summed E-state index contributed by atoms with van der Waals surface area (Å²) in [5.41, 5.74) is 0.124. The van der Waals surface area contributed by atoms with E-state index < -0.39 is 5.97 Å². The Bertz CT molecular complexity index is 412. The van der Waals surface area contributed by atoms with Crippen LogP contribution in [0.3, 0.4) is 0 Å². The highest BCUT2D eigenvalue weighted by Crippen LogP contribution is 2.15. The summed E-state index contributed by atoms with van der Waals surface area (Å²) in [4.78, 5) is 12.7. The Kier molecular flexibility index (Phi) is 4.28. The number of carboxylic acid groups (broad SMARTS) is 1. The minimum absolute atomic E-state index is 0.124. The second kappa shape index (κ2) is 5.71. The molecular formula is C11H13N3O2. The van der Waals surface area contributed by atoms with Crippen molar-refractivity contribution in [2.45, 2.75) is 13.3 Å². The van der Waals surface area contributed by atoms with Crippen LogP contribution < -0.4 is 4.90 Å². The molecule has 1 heterocycles. The zero-order valence-electron chi connectivity index (χ0n) is 9.05. The van der Waals surface area contributed by atoms with Gasteiger partial charge in [0, 0.05) is 6.54 Å². The van der Waals surface area contributed by atoms with Crippen molar-refractivity contribution in [2.24, 2.45) is 0 Å². The van der Waals surface area contributed by atoms with Crippen molar-refractivity contribution in [3.63, 3.8) is 0 Å². The predicted molar refractivity (Wildman–Crippen MR) is 60.3 cm³/mol. The third-order valence-electron chi connectivity index (χ3n) is 2.01. The second-order valence-electron chi connectivity index (χ2n) is 3.20. The van der Waals surface area contributed by atoms with E-state index in [-0.39, 0.29) is 5.56 Å². The highest BCUT2D eigenvalue weighted by atomic mass is 16.4. The van der Waals surface area contributed by atoms with Gasteiger partial charge in [-0.2, -0.15) is 5.10 Å². The molecule has 5 heteroatoms. The fourth-order valence-corrected chi connectivity index (χ4v) is 1.36. The molecule has 1 N–H and O–H groups in total. The van der Waals surface area contributed by atoms with Crippen LogP contribution >= 0.6 is 0 Å². The summed E-state index contributed by atoms with van der Waals surface area (Å²) in [6.07, 6.45) is 7.45. The number of carboxylic acids is 1. The highest BCUT2D eigenvalue weighted by molar-refractivity contribution is 5.93. The van der Waals surface area contributed by atoms with E-state index in [1.54, 1.807) is 4.90 Å². The zero-order valence-corrected chi connectivity index (χ0v) is 9.05. The molecule has 16 heavy (non-hydrogen) atoms. The average Bonchev–Trinajstić information content (AvgIpc) is 2.29. The van der Waals surface area contributed by atoms with Crippen molar-refractivity contribution >= 4 is 11.8 Å². The van der Waals surface area contributed by atoms with Crippen molar-refractivity contribution in [1.82, 2.24) is 10.2 Å². The van der Waals surface area contributed by atoms with Gasteiger partial charge in [-0.3, -0.25) is 0 Å². The molecule has 0 aliphatic heterocycles. The lowest BCUT2D eigenvalue weighted by atomic mass is 10.2. The molecule has 0 aliphatic carbocycles. The molecule has 1 aromatic rings. The van der Waals surface area contributed by atoms with E-state index in [1.165, 1.54) is 12.3 Å². The van der Waals surface area contributed by atoms with Gasteiger partial charge in [0.15, 0.2) is 5.82 Å². The Balaban J connectivity index is 3.08. The van der Waals surface area contributed by atoms with E-state index in [0.717, 1.165) is 6.42 Å². The minimum Gasteiger partial charge on any atom is -0.478 e. The van der Waals surface area contributed by atoms with Gasteiger partial charge in [-0.05, 0) is 12.5 Å². The number of terminal acetylenes is 1. The fourth-order valence-electron chi connectivity index (χ4n) is 1.36. The summed E-state index contributed by atoms with van der Waals surface area (Å²) in [5, 5.41) is 16.5. The number of rotatable bonds is 5. The minimum atomic E-state index is -1.02. The van der Waals surface area contributed by atoms with Crippen LogP contribution in [0.5, 0.6) is 0 Å². The van der Waals surface area contributed by atoms with E-state index in [2.05, 4.69) is 16.1 Å². The normalized spacial score (nSPS) is 9.50. The molecule has 0 amide bonds. The SMILES string of the molecule is C#CCN(CCC)c1nnccc1C(=O)O. The second-order valence-corrected chi connectivity index (χ2v) is 3.20. The van der Waals surface area contributed by atoms with Crippen molar-refractivity contribution in [3.05, 3.63) is 17.8 Å². The summed E-state index contributed by atoms with van der Waals surface area (Å²) in [6, 6.07) is 1.42. The molecule has 5 nitrogen and oxygen atoms in total. The van der Waals surface area contributed by atoms with Crippen LogP contribution in [0.1, 0.15) is 23.7 Å². The number of aromatic carboxylic acids is 1. The Hall–Kier alpha value is -2.09.